The van der Waals surface area contributed by atoms with Crippen molar-refractivity contribution in [2.75, 3.05) is 37.6 Å². The zero-order valence-electron chi connectivity index (χ0n) is 21.1. The summed E-state index contributed by atoms with van der Waals surface area (Å²) in [6.45, 7) is 2.52. The second-order valence-corrected chi connectivity index (χ2v) is 10.1. The van der Waals surface area contributed by atoms with Crippen LogP contribution in [0.1, 0.15) is 34.3 Å². The molecule has 0 unspecified atom stereocenters. The van der Waals surface area contributed by atoms with Crippen LogP contribution < -0.4 is 9.64 Å². The van der Waals surface area contributed by atoms with Crippen molar-refractivity contribution in [2.24, 2.45) is 0 Å². The highest BCUT2D eigenvalue weighted by Crippen LogP contribution is 2.51. The van der Waals surface area contributed by atoms with E-state index in [2.05, 4.69) is 9.64 Å². The van der Waals surface area contributed by atoms with E-state index >= 15 is 0 Å². The zero-order chi connectivity index (χ0) is 27.2. The quantitative estimate of drug-likeness (QED) is 0.356. The molecule has 2 heterocycles. The molecule has 1 saturated carbocycles. The summed E-state index contributed by atoms with van der Waals surface area (Å²) in [4.78, 5) is 19.1. The highest BCUT2D eigenvalue weighted by Gasteiger charge is 2.50. The minimum Gasteiger partial charge on any atom is -0.404 e. The van der Waals surface area contributed by atoms with Gasteiger partial charge in [0, 0.05) is 49.5 Å². The summed E-state index contributed by atoms with van der Waals surface area (Å²) in [6.07, 6.45) is 0.834. The molecule has 3 aliphatic rings. The average molecular weight is 538 g/mol. The van der Waals surface area contributed by atoms with Crippen LogP contribution in [0.25, 0.3) is 6.08 Å². The van der Waals surface area contributed by atoms with Crippen LogP contribution in [0.4, 0.5) is 28.9 Å². The number of para-hydroxylation sites is 1. The first kappa shape index (κ1) is 25.4. The topological polar surface area (TPSA) is 36.0 Å². The fourth-order valence-corrected chi connectivity index (χ4v) is 5.75. The molecule has 202 valence electrons. The van der Waals surface area contributed by atoms with Crippen molar-refractivity contribution in [3.63, 3.8) is 0 Å². The summed E-state index contributed by atoms with van der Waals surface area (Å²) in [5, 5.41) is 0. The number of anilines is 2. The number of benzene rings is 3. The third-order valence-corrected chi connectivity index (χ3v) is 7.81. The Hall–Kier alpha value is -3.85. The molecule has 0 radical (unpaired) electrons. The Balaban J connectivity index is 1.21. The number of carbonyl (C=O) groups excluding carboxylic acids is 1. The molecule has 0 atom stereocenters. The van der Waals surface area contributed by atoms with Gasteiger partial charge in [0.1, 0.15) is 5.82 Å². The maximum Gasteiger partial charge on any atom is 0.573 e. The molecule has 2 aliphatic heterocycles. The van der Waals surface area contributed by atoms with Gasteiger partial charge in [-0.05, 0) is 60.4 Å². The Morgan fingerprint density at radius 1 is 0.872 bits per heavy atom. The Kier molecular flexibility index (Phi) is 6.33. The molecule has 39 heavy (non-hydrogen) atoms. The van der Waals surface area contributed by atoms with E-state index in [1.54, 1.807) is 15.9 Å². The molecule has 6 rings (SSSR count). The summed E-state index contributed by atoms with van der Waals surface area (Å²) in [5.74, 6) is -1.02. The molecule has 1 saturated heterocycles. The van der Waals surface area contributed by atoms with Gasteiger partial charge in [0.2, 0.25) is 0 Å². The number of rotatable bonds is 5. The minimum absolute atomic E-state index is 0.128. The van der Waals surface area contributed by atoms with Crippen LogP contribution >= 0.6 is 0 Å². The Bertz CT molecular complexity index is 1410. The monoisotopic (exact) mass is 537 g/mol. The average Bonchev–Trinajstić information content (AvgIpc) is 3.74. The van der Waals surface area contributed by atoms with Crippen molar-refractivity contribution in [3.05, 3.63) is 95.3 Å². The van der Waals surface area contributed by atoms with Gasteiger partial charge in [-0.1, -0.05) is 42.5 Å². The first-order valence-electron chi connectivity index (χ1n) is 13.0. The molecule has 1 amide bonds. The van der Waals surface area contributed by atoms with E-state index in [1.807, 2.05) is 48.6 Å². The molecule has 0 spiro atoms. The molecular weight excluding hydrogens is 510 g/mol. The van der Waals surface area contributed by atoms with Crippen molar-refractivity contribution in [2.45, 2.75) is 24.7 Å². The van der Waals surface area contributed by atoms with Crippen molar-refractivity contribution < 1.29 is 27.1 Å². The summed E-state index contributed by atoms with van der Waals surface area (Å²) < 4.78 is 58.1. The number of ether oxygens (including phenoxy) is 1. The first-order chi connectivity index (χ1) is 18.7. The summed E-state index contributed by atoms with van der Waals surface area (Å²) in [7, 11) is 0. The number of hydrogen-bond donors (Lipinski definition) is 0. The number of carbonyl (C=O) groups is 1. The van der Waals surface area contributed by atoms with E-state index in [4.69, 9.17) is 0 Å². The van der Waals surface area contributed by atoms with Crippen molar-refractivity contribution in [1.29, 1.82) is 0 Å². The Labute approximate surface area is 223 Å². The maximum atomic E-state index is 13.4. The number of fused-ring (bicyclic) bond motifs is 1. The highest BCUT2D eigenvalue weighted by atomic mass is 19.4. The summed E-state index contributed by atoms with van der Waals surface area (Å²) >= 11 is 0. The molecule has 9 heteroatoms. The van der Waals surface area contributed by atoms with Gasteiger partial charge in [0.05, 0.1) is 5.69 Å². The van der Waals surface area contributed by atoms with Gasteiger partial charge >= 0.3 is 6.36 Å². The summed E-state index contributed by atoms with van der Waals surface area (Å²) in [6, 6.07) is 18.3. The molecule has 3 aromatic rings. The normalized spacial score (nSPS) is 18.6. The van der Waals surface area contributed by atoms with E-state index in [0.29, 0.717) is 32.7 Å². The highest BCUT2D eigenvalue weighted by molar-refractivity contribution is 5.96. The maximum absolute atomic E-state index is 13.4. The largest absolute Gasteiger partial charge is 0.573 e. The van der Waals surface area contributed by atoms with Crippen LogP contribution in [0.3, 0.4) is 0 Å². The standard InChI is InChI=1S/C30H27F4N3O2/c31-24-10-8-23(9-11-24)29(13-14-29)36-18-16-35(17-19-36)28(38)22-7-12-26(27(20-22)39-30(32,33)34)37-15-3-5-21-4-1-2-6-25(21)37/h1-12,20H,13-19H2. The van der Waals surface area contributed by atoms with Crippen molar-refractivity contribution >= 4 is 23.4 Å². The Morgan fingerprint density at radius 2 is 1.59 bits per heavy atom. The minimum atomic E-state index is -4.91. The number of hydrogen-bond acceptors (Lipinski definition) is 4. The van der Waals surface area contributed by atoms with Gasteiger partial charge in [-0.15, -0.1) is 13.2 Å². The van der Waals surface area contributed by atoms with Gasteiger partial charge < -0.3 is 14.5 Å². The first-order valence-corrected chi connectivity index (χ1v) is 13.0. The predicted octanol–water partition coefficient (Wildman–Crippen LogP) is 6.34. The van der Waals surface area contributed by atoms with Crippen molar-refractivity contribution in [1.82, 2.24) is 9.80 Å². The lowest BCUT2D eigenvalue weighted by atomic mass is 10.0. The van der Waals surface area contributed by atoms with E-state index in [-0.39, 0.29) is 28.5 Å². The van der Waals surface area contributed by atoms with Gasteiger partial charge in [0.25, 0.3) is 5.91 Å². The van der Waals surface area contributed by atoms with Crippen LogP contribution in [-0.2, 0) is 5.54 Å². The van der Waals surface area contributed by atoms with Gasteiger partial charge in [-0.25, -0.2) is 4.39 Å². The van der Waals surface area contributed by atoms with Crippen LogP contribution in [0.5, 0.6) is 5.75 Å². The van der Waals surface area contributed by atoms with Crippen LogP contribution in [0, 0.1) is 5.82 Å². The van der Waals surface area contributed by atoms with E-state index in [1.165, 1.54) is 24.3 Å². The van der Waals surface area contributed by atoms with Crippen LogP contribution in [-0.4, -0.2) is 54.8 Å². The van der Waals surface area contributed by atoms with E-state index in [0.717, 1.165) is 29.7 Å². The number of piperazine rings is 1. The lowest BCUT2D eigenvalue weighted by Crippen LogP contribution is -2.52. The van der Waals surface area contributed by atoms with Crippen LogP contribution in [0.15, 0.2) is 72.8 Å². The van der Waals surface area contributed by atoms with Crippen molar-refractivity contribution in [3.8, 4) is 5.75 Å². The second-order valence-electron chi connectivity index (χ2n) is 10.1. The molecule has 0 N–H and O–H groups in total. The molecule has 0 bridgehead atoms. The number of halogens is 4. The molecule has 3 aromatic carbocycles. The lowest BCUT2D eigenvalue weighted by molar-refractivity contribution is -0.274. The third kappa shape index (κ3) is 4.98. The summed E-state index contributed by atoms with van der Waals surface area (Å²) in [5.41, 5.74) is 2.97. The number of amides is 1. The van der Waals surface area contributed by atoms with E-state index in [9.17, 15) is 22.4 Å². The number of alkyl halides is 3. The fraction of sp³-hybridized carbons (Fsp3) is 0.300. The third-order valence-electron chi connectivity index (χ3n) is 7.81. The molecule has 2 fully saturated rings. The predicted molar refractivity (Wildman–Crippen MR) is 140 cm³/mol. The zero-order valence-corrected chi connectivity index (χ0v) is 21.1. The molecule has 5 nitrogen and oxygen atoms in total. The van der Waals surface area contributed by atoms with Gasteiger partial charge in [0.15, 0.2) is 5.75 Å². The van der Waals surface area contributed by atoms with Gasteiger partial charge in [-0.2, -0.15) is 0 Å². The SMILES string of the molecule is O=C(c1ccc(N2CC=Cc3ccccc32)c(OC(F)(F)F)c1)N1CCN(C2(c3ccc(F)cc3)CC2)CC1. The van der Waals surface area contributed by atoms with E-state index < -0.39 is 12.1 Å². The van der Waals surface area contributed by atoms with Gasteiger partial charge in [-0.3, -0.25) is 9.69 Å². The molecule has 0 aromatic heterocycles. The fourth-order valence-electron chi connectivity index (χ4n) is 5.75. The smallest absolute Gasteiger partial charge is 0.404 e. The second kappa shape index (κ2) is 9.72. The Morgan fingerprint density at radius 3 is 2.28 bits per heavy atom. The molecular formula is C30H27F4N3O2. The molecule has 1 aliphatic carbocycles. The number of nitrogens with zero attached hydrogens (tertiary/aromatic N) is 3. The van der Waals surface area contributed by atoms with Crippen LogP contribution in [0.2, 0.25) is 0 Å². The lowest BCUT2D eigenvalue weighted by Gasteiger charge is -2.40.